The summed E-state index contributed by atoms with van der Waals surface area (Å²) in [4.78, 5) is 31.2. The predicted molar refractivity (Wildman–Crippen MR) is 74.2 cm³/mol. The number of ether oxygens (including phenoxy) is 1. The lowest BCUT2D eigenvalue weighted by Gasteiger charge is -2.39. The van der Waals surface area contributed by atoms with E-state index in [9.17, 15) is 14.9 Å². The zero-order valence-electron chi connectivity index (χ0n) is 11.9. The van der Waals surface area contributed by atoms with Gasteiger partial charge in [0, 0.05) is 19.0 Å². The molecule has 2 rings (SSSR count). The third kappa shape index (κ3) is 3.57. The van der Waals surface area contributed by atoms with E-state index in [2.05, 4.69) is 9.97 Å². The van der Waals surface area contributed by atoms with Crippen molar-refractivity contribution in [3.8, 4) is 0 Å². The highest BCUT2D eigenvalue weighted by Crippen LogP contribution is 2.32. The van der Waals surface area contributed by atoms with Gasteiger partial charge in [-0.25, -0.2) is 14.8 Å². The molecule has 1 aromatic rings. The van der Waals surface area contributed by atoms with E-state index >= 15 is 0 Å². The van der Waals surface area contributed by atoms with Crippen LogP contribution in [0.5, 0.6) is 0 Å². The number of hydrogen-bond donors (Lipinski definition) is 0. The SMILES string of the molecule is CC(C)(C)OC(=O)N1CC(c2nc(Cl)ncc2[N+](=O)[O-])C1. The van der Waals surface area contributed by atoms with Gasteiger partial charge in [-0.1, -0.05) is 0 Å². The number of amides is 1. The van der Waals surface area contributed by atoms with Crippen LogP contribution in [0.3, 0.4) is 0 Å². The number of carbonyl (C=O) groups is 1. The van der Waals surface area contributed by atoms with Gasteiger partial charge < -0.3 is 9.64 Å². The zero-order chi connectivity index (χ0) is 15.8. The summed E-state index contributed by atoms with van der Waals surface area (Å²) in [6, 6.07) is 0. The second kappa shape index (κ2) is 5.44. The molecule has 0 bridgehead atoms. The van der Waals surface area contributed by atoms with Gasteiger partial charge >= 0.3 is 11.8 Å². The molecule has 0 unspecified atom stereocenters. The molecule has 1 amide bonds. The van der Waals surface area contributed by atoms with Crippen molar-refractivity contribution in [2.75, 3.05) is 13.1 Å². The van der Waals surface area contributed by atoms with Crippen molar-refractivity contribution in [3.05, 3.63) is 27.3 Å². The van der Waals surface area contributed by atoms with Crippen molar-refractivity contribution in [1.82, 2.24) is 14.9 Å². The highest BCUT2D eigenvalue weighted by atomic mass is 35.5. The third-order valence-electron chi connectivity index (χ3n) is 2.89. The molecule has 0 spiro atoms. The fraction of sp³-hybridized carbons (Fsp3) is 0.583. The quantitative estimate of drug-likeness (QED) is 0.472. The van der Waals surface area contributed by atoms with Gasteiger partial charge in [0.25, 0.3) is 0 Å². The number of hydrogen-bond acceptors (Lipinski definition) is 6. The van der Waals surface area contributed by atoms with Crippen molar-refractivity contribution in [3.63, 3.8) is 0 Å². The second-order valence-corrected chi connectivity index (χ2v) is 6.09. The van der Waals surface area contributed by atoms with Crippen molar-refractivity contribution in [2.24, 2.45) is 0 Å². The molecule has 21 heavy (non-hydrogen) atoms. The average Bonchev–Trinajstić information content (AvgIpc) is 2.23. The number of nitrogens with zero attached hydrogens (tertiary/aromatic N) is 4. The Bertz CT molecular complexity index is 581. The Morgan fingerprint density at radius 3 is 2.67 bits per heavy atom. The van der Waals surface area contributed by atoms with Crippen LogP contribution in [0, 0.1) is 10.1 Å². The summed E-state index contributed by atoms with van der Waals surface area (Å²) in [5.74, 6) is -0.238. The molecule has 0 aliphatic carbocycles. The average molecular weight is 315 g/mol. The molecular formula is C12H15ClN4O4. The van der Waals surface area contributed by atoms with E-state index in [0.29, 0.717) is 13.1 Å². The summed E-state index contributed by atoms with van der Waals surface area (Å²) in [5, 5.41) is 10.9. The summed E-state index contributed by atoms with van der Waals surface area (Å²) >= 11 is 5.68. The second-order valence-electron chi connectivity index (χ2n) is 5.75. The maximum Gasteiger partial charge on any atom is 0.410 e. The number of carbonyl (C=O) groups excluding carboxylic acids is 1. The van der Waals surface area contributed by atoms with Gasteiger partial charge in [-0.2, -0.15) is 0 Å². The van der Waals surface area contributed by atoms with Gasteiger partial charge in [0.15, 0.2) is 0 Å². The van der Waals surface area contributed by atoms with Gasteiger partial charge in [0.05, 0.1) is 4.92 Å². The molecular weight excluding hydrogens is 300 g/mol. The molecule has 2 heterocycles. The van der Waals surface area contributed by atoms with E-state index in [1.807, 2.05) is 0 Å². The van der Waals surface area contributed by atoms with E-state index in [1.165, 1.54) is 4.90 Å². The largest absolute Gasteiger partial charge is 0.444 e. The molecule has 1 fully saturated rings. The minimum Gasteiger partial charge on any atom is -0.444 e. The maximum absolute atomic E-state index is 11.8. The molecule has 1 aliphatic rings. The lowest BCUT2D eigenvalue weighted by atomic mass is 9.95. The minimum atomic E-state index is -0.577. The molecule has 1 aromatic heterocycles. The van der Waals surface area contributed by atoms with Gasteiger partial charge in [0.2, 0.25) is 5.28 Å². The highest BCUT2D eigenvalue weighted by molar-refractivity contribution is 6.28. The summed E-state index contributed by atoms with van der Waals surface area (Å²) in [7, 11) is 0. The van der Waals surface area contributed by atoms with E-state index in [4.69, 9.17) is 16.3 Å². The molecule has 8 nitrogen and oxygen atoms in total. The van der Waals surface area contributed by atoms with Crippen LogP contribution in [0.25, 0.3) is 0 Å². The number of halogens is 1. The van der Waals surface area contributed by atoms with Crippen LogP contribution in [-0.4, -0.2) is 44.6 Å². The Kier molecular flexibility index (Phi) is 3.99. The summed E-state index contributed by atoms with van der Waals surface area (Å²) < 4.78 is 5.22. The van der Waals surface area contributed by atoms with E-state index in [-0.39, 0.29) is 22.6 Å². The molecule has 1 aliphatic heterocycles. The first-order valence-corrected chi connectivity index (χ1v) is 6.70. The Balaban J connectivity index is 2.06. The van der Waals surface area contributed by atoms with Crippen molar-refractivity contribution in [2.45, 2.75) is 32.3 Å². The predicted octanol–water partition coefficient (Wildman–Crippen LogP) is 2.37. The fourth-order valence-corrected chi connectivity index (χ4v) is 2.07. The number of likely N-dealkylation sites (tertiary alicyclic amines) is 1. The smallest absolute Gasteiger partial charge is 0.410 e. The molecule has 0 radical (unpaired) electrons. The van der Waals surface area contributed by atoms with Crippen LogP contribution in [0.4, 0.5) is 10.5 Å². The molecule has 1 saturated heterocycles. The molecule has 0 atom stereocenters. The van der Waals surface area contributed by atoms with Crippen LogP contribution in [0.15, 0.2) is 6.20 Å². The maximum atomic E-state index is 11.8. The molecule has 0 N–H and O–H groups in total. The number of rotatable bonds is 2. The topological polar surface area (TPSA) is 98.5 Å². The zero-order valence-corrected chi connectivity index (χ0v) is 12.6. The minimum absolute atomic E-state index is 0.0497. The highest BCUT2D eigenvalue weighted by Gasteiger charge is 2.39. The van der Waals surface area contributed by atoms with E-state index in [1.54, 1.807) is 20.8 Å². The first-order chi connectivity index (χ1) is 9.67. The summed E-state index contributed by atoms with van der Waals surface area (Å²) in [5.41, 5.74) is -0.514. The Morgan fingerprint density at radius 1 is 1.52 bits per heavy atom. The van der Waals surface area contributed by atoms with Crippen LogP contribution < -0.4 is 0 Å². The van der Waals surface area contributed by atoms with Crippen LogP contribution in [0.2, 0.25) is 5.28 Å². The lowest BCUT2D eigenvalue weighted by Crippen LogP contribution is -2.50. The summed E-state index contributed by atoms with van der Waals surface area (Å²) in [6.07, 6.45) is 0.641. The monoisotopic (exact) mass is 314 g/mol. The van der Waals surface area contributed by atoms with Gasteiger partial charge in [0.1, 0.15) is 17.5 Å². The van der Waals surface area contributed by atoms with Crippen LogP contribution in [-0.2, 0) is 4.74 Å². The molecule has 9 heteroatoms. The lowest BCUT2D eigenvalue weighted by molar-refractivity contribution is -0.386. The van der Waals surface area contributed by atoms with Crippen molar-refractivity contribution >= 4 is 23.4 Å². The van der Waals surface area contributed by atoms with E-state index in [0.717, 1.165) is 6.20 Å². The van der Waals surface area contributed by atoms with Gasteiger partial charge in [-0.05, 0) is 32.4 Å². The van der Waals surface area contributed by atoms with Crippen molar-refractivity contribution in [1.29, 1.82) is 0 Å². The van der Waals surface area contributed by atoms with Gasteiger partial charge in [-0.15, -0.1) is 0 Å². The number of nitro groups is 1. The molecule has 114 valence electrons. The fourth-order valence-electron chi connectivity index (χ4n) is 1.93. The van der Waals surface area contributed by atoms with Gasteiger partial charge in [-0.3, -0.25) is 10.1 Å². The Labute approximate surface area is 126 Å². The normalized spacial score (nSPS) is 15.5. The van der Waals surface area contributed by atoms with Crippen LogP contribution >= 0.6 is 11.6 Å². The Morgan fingerprint density at radius 2 is 2.14 bits per heavy atom. The van der Waals surface area contributed by atoms with Crippen LogP contribution in [0.1, 0.15) is 32.4 Å². The molecule has 0 saturated carbocycles. The van der Waals surface area contributed by atoms with Crippen molar-refractivity contribution < 1.29 is 14.5 Å². The number of aromatic nitrogens is 2. The standard InChI is InChI=1S/C12H15ClN4O4/c1-12(2,3)21-11(18)16-5-7(6-16)9-8(17(19)20)4-14-10(13)15-9/h4,7H,5-6H2,1-3H3. The first kappa shape index (κ1) is 15.4. The first-order valence-electron chi connectivity index (χ1n) is 6.32. The third-order valence-corrected chi connectivity index (χ3v) is 3.07. The Hall–Kier alpha value is -1.96. The van der Waals surface area contributed by atoms with E-state index < -0.39 is 16.6 Å². The summed E-state index contributed by atoms with van der Waals surface area (Å²) in [6.45, 7) is 5.94. The molecule has 0 aromatic carbocycles.